The third-order valence-electron chi connectivity index (χ3n) is 4.18. The fourth-order valence-corrected chi connectivity index (χ4v) is 3.63. The van der Waals surface area contributed by atoms with E-state index in [1.807, 2.05) is 54.6 Å². The second kappa shape index (κ2) is 6.27. The molecule has 1 unspecified atom stereocenters. The molecular formula is C20H15ClN2S. The molecule has 0 saturated heterocycles. The Morgan fingerprint density at radius 2 is 1.54 bits per heavy atom. The number of halogens is 1. The molecule has 0 amide bonds. The van der Waals surface area contributed by atoms with Crippen LogP contribution in [0, 0.1) is 0 Å². The molecule has 1 N–H and O–H groups in total. The van der Waals surface area contributed by atoms with Crippen LogP contribution in [0.15, 0.2) is 78.9 Å². The highest BCUT2D eigenvalue weighted by Gasteiger charge is 2.32. The lowest BCUT2D eigenvalue weighted by atomic mass is 9.93. The van der Waals surface area contributed by atoms with E-state index < -0.39 is 0 Å². The van der Waals surface area contributed by atoms with Gasteiger partial charge in [0.05, 0.1) is 6.04 Å². The third kappa shape index (κ3) is 2.66. The lowest BCUT2D eigenvalue weighted by molar-refractivity contribution is 0.834. The molecule has 4 rings (SSSR count). The van der Waals surface area contributed by atoms with Crippen molar-refractivity contribution in [1.29, 1.82) is 0 Å². The summed E-state index contributed by atoms with van der Waals surface area (Å²) in [6.45, 7) is 0. The second-order valence-electron chi connectivity index (χ2n) is 5.68. The van der Waals surface area contributed by atoms with Gasteiger partial charge in [0.25, 0.3) is 0 Å². The van der Waals surface area contributed by atoms with Gasteiger partial charge in [0.2, 0.25) is 0 Å². The van der Waals surface area contributed by atoms with Crippen molar-refractivity contribution < 1.29 is 0 Å². The predicted molar refractivity (Wildman–Crippen MR) is 105 cm³/mol. The van der Waals surface area contributed by atoms with E-state index in [0.29, 0.717) is 5.11 Å². The van der Waals surface area contributed by atoms with E-state index in [0.717, 1.165) is 22.0 Å². The highest BCUT2D eigenvalue weighted by atomic mass is 35.5. The van der Waals surface area contributed by atoms with E-state index in [9.17, 15) is 0 Å². The monoisotopic (exact) mass is 350 g/mol. The topological polar surface area (TPSA) is 15.3 Å². The molecule has 1 aliphatic rings. The van der Waals surface area contributed by atoms with E-state index in [-0.39, 0.29) is 6.04 Å². The number of fused-ring (bicyclic) bond motifs is 1. The number of thiocarbonyl (C=S) groups is 1. The SMILES string of the molecule is S=C1Nc2ccc(Cl)cc2C(c2ccccc2)N1c1ccccc1. The standard InChI is InChI=1S/C20H15ClN2S/c21-15-11-12-18-17(13-15)19(14-7-3-1-4-8-14)23(20(24)22-18)16-9-5-2-6-10-16/h1-13,19H,(H,22,24). The first-order valence-electron chi connectivity index (χ1n) is 7.74. The minimum atomic E-state index is -0.0175. The smallest absolute Gasteiger partial charge is 0.178 e. The average molecular weight is 351 g/mol. The first-order chi connectivity index (χ1) is 11.7. The molecule has 3 aromatic carbocycles. The van der Waals surface area contributed by atoms with Gasteiger partial charge in [0.1, 0.15) is 0 Å². The van der Waals surface area contributed by atoms with Gasteiger partial charge in [-0.2, -0.15) is 0 Å². The molecule has 0 saturated carbocycles. The van der Waals surface area contributed by atoms with Gasteiger partial charge in [0.15, 0.2) is 5.11 Å². The lowest BCUT2D eigenvalue weighted by Crippen LogP contribution is -2.42. The Morgan fingerprint density at radius 3 is 2.25 bits per heavy atom. The van der Waals surface area contributed by atoms with Crippen LogP contribution in [-0.2, 0) is 0 Å². The number of para-hydroxylation sites is 1. The molecule has 1 heterocycles. The second-order valence-corrected chi connectivity index (χ2v) is 6.50. The molecule has 0 fully saturated rings. The molecule has 1 atom stereocenters. The van der Waals surface area contributed by atoms with Gasteiger partial charge in [-0.15, -0.1) is 0 Å². The summed E-state index contributed by atoms with van der Waals surface area (Å²) in [4.78, 5) is 2.14. The number of hydrogen-bond donors (Lipinski definition) is 1. The number of nitrogens with zero attached hydrogens (tertiary/aromatic N) is 1. The van der Waals surface area contributed by atoms with Crippen LogP contribution >= 0.6 is 23.8 Å². The number of anilines is 2. The maximum absolute atomic E-state index is 6.28. The fourth-order valence-electron chi connectivity index (χ4n) is 3.12. The molecular weight excluding hydrogens is 336 g/mol. The zero-order chi connectivity index (χ0) is 16.5. The summed E-state index contributed by atoms with van der Waals surface area (Å²) in [5, 5.41) is 4.74. The van der Waals surface area contributed by atoms with Gasteiger partial charge in [-0.3, -0.25) is 0 Å². The molecule has 0 bridgehead atoms. The lowest BCUT2D eigenvalue weighted by Gasteiger charge is -2.40. The summed E-state index contributed by atoms with van der Waals surface area (Å²) in [7, 11) is 0. The zero-order valence-corrected chi connectivity index (χ0v) is 14.4. The number of benzene rings is 3. The quantitative estimate of drug-likeness (QED) is 0.601. The van der Waals surface area contributed by atoms with Crippen LogP contribution in [0.5, 0.6) is 0 Å². The molecule has 24 heavy (non-hydrogen) atoms. The third-order valence-corrected chi connectivity index (χ3v) is 4.71. The Bertz CT molecular complexity index is 881. The first kappa shape index (κ1) is 15.2. The van der Waals surface area contributed by atoms with Gasteiger partial charge in [-0.25, -0.2) is 0 Å². The minimum Gasteiger partial charge on any atom is -0.332 e. The predicted octanol–water partition coefficient (Wildman–Crippen LogP) is 5.65. The summed E-state index contributed by atoms with van der Waals surface area (Å²) in [5.74, 6) is 0. The van der Waals surface area contributed by atoms with Crippen molar-refractivity contribution in [2.45, 2.75) is 6.04 Å². The summed E-state index contributed by atoms with van der Waals surface area (Å²) >= 11 is 12.0. The van der Waals surface area contributed by atoms with Crippen molar-refractivity contribution in [2.75, 3.05) is 10.2 Å². The Kier molecular flexibility index (Phi) is 3.97. The van der Waals surface area contributed by atoms with Crippen LogP contribution in [-0.4, -0.2) is 5.11 Å². The normalized spacial score (nSPS) is 16.5. The van der Waals surface area contributed by atoms with Crippen LogP contribution in [0.1, 0.15) is 17.2 Å². The summed E-state index contributed by atoms with van der Waals surface area (Å²) < 4.78 is 0. The van der Waals surface area contributed by atoms with Gasteiger partial charge in [-0.1, -0.05) is 60.1 Å². The van der Waals surface area contributed by atoms with E-state index in [2.05, 4.69) is 34.5 Å². The van der Waals surface area contributed by atoms with Crippen molar-refractivity contribution in [3.05, 3.63) is 95.0 Å². The Morgan fingerprint density at radius 1 is 0.875 bits per heavy atom. The largest absolute Gasteiger partial charge is 0.332 e. The number of nitrogens with one attached hydrogen (secondary N) is 1. The maximum atomic E-state index is 6.28. The Hall–Kier alpha value is -2.36. The zero-order valence-electron chi connectivity index (χ0n) is 12.8. The van der Waals surface area contributed by atoms with E-state index in [1.165, 1.54) is 5.56 Å². The van der Waals surface area contributed by atoms with E-state index in [4.69, 9.17) is 23.8 Å². The van der Waals surface area contributed by atoms with Gasteiger partial charge < -0.3 is 10.2 Å². The van der Waals surface area contributed by atoms with Crippen molar-refractivity contribution in [3.8, 4) is 0 Å². The number of hydrogen-bond acceptors (Lipinski definition) is 1. The molecule has 3 aromatic rings. The summed E-state index contributed by atoms with van der Waals surface area (Å²) in [5.41, 5.74) is 4.35. The van der Waals surface area contributed by atoms with Crippen molar-refractivity contribution >= 4 is 40.3 Å². The van der Waals surface area contributed by atoms with Crippen LogP contribution in [0.4, 0.5) is 11.4 Å². The molecule has 1 aliphatic heterocycles. The van der Waals surface area contributed by atoms with Gasteiger partial charge in [-0.05, 0) is 48.1 Å². The highest BCUT2D eigenvalue weighted by Crippen LogP contribution is 2.41. The molecule has 0 aliphatic carbocycles. The molecule has 0 radical (unpaired) electrons. The molecule has 4 heteroatoms. The van der Waals surface area contributed by atoms with Gasteiger partial charge in [0, 0.05) is 22.0 Å². The van der Waals surface area contributed by atoms with Crippen molar-refractivity contribution in [1.82, 2.24) is 0 Å². The van der Waals surface area contributed by atoms with Crippen LogP contribution in [0.2, 0.25) is 5.02 Å². The van der Waals surface area contributed by atoms with Crippen LogP contribution in [0.3, 0.4) is 0 Å². The van der Waals surface area contributed by atoms with Crippen molar-refractivity contribution in [3.63, 3.8) is 0 Å². The molecule has 0 aromatic heterocycles. The average Bonchev–Trinajstić information content (AvgIpc) is 2.62. The minimum absolute atomic E-state index is 0.0175. The van der Waals surface area contributed by atoms with E-state index >= 15 is 0 Å². The van der Waals surface area contributed by atoms with E-state index in [1.54, 1.807) is 0 Å². The maximum Gasteiger partial charge on any atom is 0.178 e. The highest BCUT2D eigenvalue weighted by molar-refractivity contribution is 7.80. The molecule has 2 nitrogen and oxygen atoms in total. The van der Waals surface area contributed by atoms with Crippen LogP contribution in [0.25, 0.3) is 0 Å². The van der Waals surface area contributed by atoms with Gasteiger partial charge >= 0.3 is 0 Å². The van der Waals surface area contributed by atoms with Crippen molar-refractivity contribution in [2.24, 2.45) is 0 Å². The molecule has 118 valence electrons. The Balaban J connectivity index is 1.94. The van der Waals surface area contributed by atoms with Crippen LogP contribution < -0.4 is 10.2 Å². The summed E-state index contributed by atoms with van der Waals surface area (Å²) in [6, 6.07) is 26.4. The number of rotatable bonds is 2. The first-order valence-corrected chi connectivity index (χ1v) is 8.52. The summed E-state index contributed by atoms with van der Waals surface area (Å²) in [6.07, 6.45) is 0. The molecule has 0 spiro atoms. The Labute approximate surface area is 151 Å². The fraction of sp³-hybridized carbons (Fsp3) is 0.0500.